The smallest absolute Gasteiger partial charge is 0.256 e. The summed E-state index contributed by atoms with van der Waals surface area (Å²) in [7, 11) is 0. The quantitative estimate of drug-likeness (QED) is 0.266. The molecule has 0 unspecified atom stereocenters. The molecule has 0 aliphatic carbocycles. The summed E-state index contributed by atoms with van der Waals surface area (Å²) in [5.41, 5.74) is 5.43. The van der Waals surface area contributed by atoms with Crippen LogP contribution in [0.15, 0.2) is 97.1 Å². The van der Waals surface area contributed by atoms with E-state index in [1.807, 2.05) is 78.9 Å². The van der Waals surface area contributed by atoms with E-state index in [2.05, 4.69) is 5.32 Å². The number of carbonyl (C=O) groups is 1. The van der Waals surface area contributed by atoms with Gasteiger partial charge in [-0.25, -0.2) is 4.98 Å². The van der Waals surface area contributed by atoms with Crippen molar-refractivity contribution in [1.29, 1.82) is 0 Å². The number of benzene rings is 4. The number of halogens is 3. The van der Waals surface area contributed by atoms with Gasteiger partial charge in [-0.15, -0.1) is 0 Å². The molecule has 5 rings (SSSR count). The number of para-hydroxylation sites is 1. The van der Waals surface area contributed by atoms with Crippen molar-refractivity contribution >= 4 is 57.3 Å². The third-order valence-corrected chi connectivity index (χ3v) is 6.49. The lowest BCUT2D eigenvalue weighted by Gasteiger charge is -2.12. The normalized spacial score (nSPS) is 10.9. The molecule has 0 bridgehead atoms. The van der Waals surface area contributed by atoms with Crippen molar-refractivity contribution in [2.45, 2.75) is 0 Å². The first kappa shape index (κ1) is 22.4. The van der Waals surface area contributed by atoms with Crippen LogP contribution < -0.4 is 5.32 Å². The Kier molecular flexibility index (Phi) is 6.25. The Balaban J connectivity index is 1.47. The first-order chi connectivity index (χ1) is 16.5. The zero-order chi connectivity index (χ0) is 23.7. The molecule has 0 fully saturated rings. The topological polar surface area (TPSA) is 42.0 Å². The predicted molar refractivity (Wildman–Crippen MR) is 142 cm³/mol. The molecule has 6 heteroatoms. The molecule has 0 saturated carbocycles. The van der Waals surface area contributed by atoms with Crippen LogP contribution in [0.5, 0.6) is 0 Å². The largest absolute Gasteiger partial charge is 0.322 e. The number of nitrogens with one attached hydrogen (secondary N) is 1. The van der Waals surface area contributed by atoms with Crippen LogP contribution in [0.2, 0.25) is 15.1 Å². The number of anilines is 1. The van der Waals surface area contributed by atoms with Crippen LogP contribution in [-0.2, 0) is 0 Å². The molecule has 4 aromatic carbocycles. The molecule has 1 N–H and O–H groups in total. The van der Waals surface area contributed by atoms with Crippen molar-refractivity contribution in [2.24, 2.45) is 0 Å². The molecule has 1 amide bonds. The van der Waals surface area contributed by atoms with Gasteiger partial charge in [-0.3, -0.25) is 4.79 Å². The molecule has 0 saturated heterocycles. The van der Waals surface area contributed by atoms with Gasteiger partial charge in [0.15, 0.2) is 0 Å². The summed E-state index contributed by atoms with van der Waals surface area (Å²) < 4.78 is 0. The highest BCUT2D eigenvalue weighted by Gasteiger charge is 2.15. The number of fused-ring (bicyclic) bond motifs is 1. The van der Waals surface area contributed by atoms with Crippen LogP contribution in [-0.4, -0.2) is 10.9 Å². The maximum Gasteiger partial charge on any atom is 0.256 e. The number of amides is 1. The second-order valence-corrected chi connectivity index (χ2v) is 8.99. The number of nitrogens with zero attached hydrogens (tertiary/aromatic N) is 1. The Bertz CT molecular complexity index is 1510. The van der Waals surface area contributed by atoms with Gasteiger partial charge in [-0.1, -0.05) is 83.3 Å². The molecule has 166 valence electrons. The van der Waals surface area contributed by atoms with Crippen molar-refractivity contribution < 1.29 is 4.79 Å². The molecule has 0 aliphatic rings. The predicted octanol–water partition coefficient (Wildman–Crippen LogP) is 8.78. The summed E-state index contributed by atoms with van der Waals surface area (Å²) in [5, 5.41) is 5.36. The molecule has 5 aromatic rings. The van der Waals surface area contributed by atoms with Crippen molar-refractivity contribution in [3.05, 3.63) is 118 Å². The highest BCUT2D eigenvalue weighted by molar-refractivity contribution is 6.42. The van der Waals surface area contributed by atoms with E-state index in [0.717, 1.165) is 22.1 Å². The molecule has 1 aromatic heterocycles. The lowest BCUT2D eigenvalue weighted by atomic mass is 10.0. The summed E-state index contributed by atoms with van der Waals surface area (Å²) in [6.45, 7) is 0. The zero-order valence-electron chi connectivity index (χ0n) is 17.7. The maximum atomic E-state index is 13.3. The molecular weight excluding hydrogens is 487 g/mol. The number of hydrogen-bond donors (Lipinski definition) is 1. The van der Waals surface area contributed by atoms with Gasteiger partial charge in [-0.2, -0.15) is 0 Å². The maximum absolute atomic E-state index is 13.3. The average Bonchev–Trinajstić information content (AvgIpc) is 2.86. The van der Waals surface area contributed by atoms with Crippen molar-refractivity contribution in [3.8, 4) is 22.4 Å². The van der Waals surface area contributed by atoms with E-state index in [4.69, 9.17) is 39.8 Å². The molecular formula is C28H17Cl3N2O. The van der Waals surface area contributed by atoms with Crippen molar-refractivity contribution in [1.82, 2.24) is 4.98 Å². The molecule has 0 radical (unpaired) electrons. The van der Waals surface area contributed by atoms with Crippen LogP contribution in [0.4, 0.5) is 5.69 Å². The van der Waals surface area contributed by atoms with Crippen LogP contribution >= 0.6 is 34.8 Å². The molecule has 0 atom stereocenters. The second kappa shape index (κ2) is 9.47. The number of aromatic nitrogens is 1. The lowest BCUT2D eigenvalue weighted by molar-refractivity contribution is 0.102. The third-order valence-electron chi connectivity index (χ3n) is 5.50. The van der Waals surface area contributed by atoms with E-state index < -0.39 is 0 Å². The number of carbonyl (C=O) groups excluding carboxylic acids is 1. The zero-order valence-corrected chi connectivity index (χ0v) is 20.0. The average molecular weight is 504 g/mol. The summed E-state index contributed by atoms with van der Waals surface area (Å²) in [5.74, 6) is -0.223. The van der Waals surface area contributed by atoms with E-state index in [9.17, 15) is 4.79 Å². The highest BCUT2D eigenvalue weighted by atomic mass is 35.5. The van der Waals surface area contributed by atoms with Gasteiger partial charge < -0.3 is 5.32 Å². The minimum Gasteiger partial charge on any atom is -0.322 e. The SMILES string of the molecule is O=C(Nc1ccc(-c2ccc(Cl)cc2)cc1)c1cc(-c2ccc(Cl)c(Cl)c2)nc2ccccc12. The molecule has 34 heavy (non-hydrogen) atoms. The number of pyridine rings is 1. The first-order valence-electron chi connectivity index (χ1n) is 10.5. The van der Waals surface area contributed by atoms with E-state index >= 15 is 0 Å². The van der Waals surface area contributed by atoms with E-state index in [-0.39, 0.29) is 5.91 Å². The Morgan fingerprint density at radius 1 is 0.676 bits per heavy atom. The highest BCUT2D eigenvalue weighted by Crippen LogP contribution is 2.31. The number of rotatable bonds is 4. The Morgan fingerprint density at radius 3 is 2.03 bits per heavy atom. The molecule has 0 spiro atoms. The van der Waals surface area contributed by atoms with E-state index in [1.165, 1.54) is 0 Å². The van der Waals surface area contributed by atoms with Gasteiger partial charge in [0.2, 0.25) is 0 Å². The van der Waals surface area contributed by atoms with Crippen molar-refractivity contribution in [2.75, 3.05) is 5.32 Å². The van der Waals surface area contributed by atoms with E-state index in [0.29, 0.717) is 37.5 Å². The van der Waals surface area contributed by atoms with Crippen LogP contribution in [0.1, 0.15) is 10.4 Å². The fourth-order valence-electron chi connectivity index (χ4n) is 3.75. The Labute approximate surface area is 211 Å². The van der Waals surface area contributed by atoms with Gasteiger partial charge in [0.1, 0.15) is 0 Å². The molecule has 0 aliphatic heterocycles. The van der Waals surface area contributed by atoms with Crippen molar-refractivity contribution in [3.63, 3.8) is 0 Å². The molecule has 1 heterocycles. The minimum atomic E-state index is -0.223. The second-order valence-electron chi connectivity index (χ2n) is 7.74. The van der Waals surface area contributed by atoms with Gasteiger partial charge in [0, 0.05) is 21.7 Å². The number of hydrogen-bond acceptors (Lipinski definition) is 2. The van der Waals surface area contributed by atoms with Crippen LogP contribution in [0.3, 0.4) is 0 Å². The minimum absolute atomic E-state index is 0.223. The fourth-order valence-corrected chi connectivity index (χ4v) is 4.18. The fraction of sp³-hybridized carbons (Fsp3) is 0. The van der Waals surface area contributed by atoms with E-state index in [1.54, 1.807) is 18.2 Å². The van der Waals surface area contributed by atoms with Crippen LogP contribution in [0, 0.1) is 0 Å². The standard InChI is InChI=1S/C28H17Cl3N2O/c29-20-10-5-17(6-11-20)18-7-12-21(13-8-18)32-28(34)23-16-27(19-9-14-24(30)25(31)15-19)33-26-4-2-1-3-22(23)26/h1-16H,(H,32,34). The van der Waals surface area contributed by atoms with Gasteiger partial charge >= 0.3 is 0 Å². The van der Waals surface area contributed by atoms with Gasteiger partial charge in [-0.05, 0) is 59.7 Å². The molecule has 3 nitrogen and oxygen atoms in total. The summed E-state index contributed by atoms with van der Waals surface area (Å²) in [6, 6.07) is 30.0. The van der Waals surface area contributed by atoms with Crippen LogP contribution in [0.25, 0.3) is 33.3 Å². The lowest BCUT2D eigenvalue weighted by Crippen LogP contribution is -2.13. The van der Waals surface area contributed by atoms with Gasteiger partial charge in [0.25, 0.3) is 5.91 Å². The van der Waals surface area contributed by atoms with Gasteiger partial charge in [0.05, 0.1) is 26.8 Å². The Hall–Kier alpha value is -3.37. The summed E-state index contributed by atoms with van der Waals surface area (Å²) >= 11 is 18.3. The Morgan fingerprint density at radius 2 is 1.32 bits per heavy atom. The third kappa shape index (κ3) is 4.64. The first-order valence-corrected chi connectivity index (χ1v) is 11.6. The summed E-state index contributed by atoms with van der Waals surface area (Å²) in [4.78, 5) is 18.1. The monoisotopic (exact) mass is 502 g/mol. The summed E-state index contributed by atoms with van der Waals surface area (Å²) in [6.07, 6.45) is 0.